The second-order valence-corrected chi connectivity index (χ2v) is 5.47. The molecular formula is C16H12BrFN2. The summed E-state index contributed by atoms with van der Waals surface area (Å²) in [6.07, 6.45) is 0.635. The Bertz CT molecular complexity index is 722. The molecule has 2 nitrogen and oxygen atoms in total. The second-order valence-electron chi connectivity index (χ2n) is 4.62. The quantitative estimate of drug-likeness (QED) is 0.880. The van der Waals surface area contributed by atoms with Crippen LogP contribution in [0, 0.1) is 5.82 Å². The standard InChI is InChI=1S/C16H12BrFN2/c1-10-12-4-2-3-5-13(12)16(20-19-10)9-11-6-7-15(18)14(17)8-11/h2-8,19H,1,9H2. The Balaban J connectivity index is 1.95. The molecule has 3 rings (SSSR count). The molecule has 0 bridgehead atoms. The summed E-state index contributed by atoms with van der Waals surface area (Å²) in [4.78, 5) is 0. The van der Waals surface area contributed by atoms with Gasteiger partial charge in [-0.1, -0.05) is 36.9 Å². The zero-order chi connectivity index (χ0) is 14.1. The average Bonchev–Trinajstić information content (AvgIpc) is 2.46. The Morgan fingerprint density at radius 3 is 2.65 bits per heavy atom. The maximum Gasteiger partial charge on any atom is 0.137 e. The van der Waals surface area contributed by atoms with Gasteiger partial charge in [0.05, 0.1) is 15.9 Å². The van der Waals surface area contributed by atoms with Gasteiger partial charge in [0.2, 0.25) is 0 Å². The maximum atomic E-state index is 13.3. The maximum absolute atomic E-state index is 13.3. The van der Waals surface area contributed by atoms with E-state index in [2.05, 4.69) is 33.0 Å². The Labute approximate surface area is 125 Å². The van der Waals surface area contributed by atoms with Crippen molar-refractivity contribution in [1.82, 2.24) is 5.43 Å². The van der Waals surface area contributed by atoms with Gasteiger partial charge in [-0.15, -0.1) is 0 Å². The Morgan fingerprint density at radius 2 is 1.90 bits per heavy atom. The molecule has 0 saturated carbocycles. The van der Waals surface area contributed by atoms with E-state index >= 15 is 0 Å². The van der Waals surface area contributed by atoms with Crippen molar-refractivity contribution in [3.8, 4) is 0 Å². The second kappa shape index (κ2) is 5.21. The minimum absolute atomic E-state index is 0.258. The van der Waals surface area contributed by atoms with E-state index in [1.54, 1.807) is 12.1 Å². The van der Waals surface area contributed by atoms with Crippen molar-refractivity contribution in [2.24, 2.45) is 5.10 Å². The van der Waals surface area contributed by atoms with Crippen molar-refractivity contribution in [2.75, 3.05) is 0 Å². The fourth-order valence-corrected chi connectivity index (χ4v) is 2.66. The molecule has 0 fully saturated rings. The minimum atomic E-state index is -0.258. The average molecular weight is 331 g/mol. The normalized spacial score (nSPS) is 13.5. The number of nitrogens with one attached hydrogen (secondary N) is 1. The van der Waals surface area contributed by atoms with E-state index < -0.39 is 0 Å². The van der Waals surface area contributed by atoms with Gasteiger partial charge in [0, 0.05) is 17.5 Å². The molecule has 0 spiro atoms. The highest BCUT2D eigenvalue weighted by Gasteiger charge is 2.16. The smallest absolute Gasteiger partial charge is 0.137 e. The van der Waals surface area contributed by atoms with Crippen LogP contribution in [0.2, 0.25) is 0 Å². The highest BCUT2D eigenvalue weighted by atomic mass is 79.9. The third-order valence-electron chi connectivity index (χ3n) is 3.24. The summed E-state index contributed by atoms with van der Waals surface area (Å²) >= 11 is 3.21. The van der Waals surface area contributed by atoms with Crippen LogP contribution in [0.15, 0.2) is 58.6 Å². The molecule has 0 unspecified atom stereocenters. The van der Waals surface area contributed by atoms with Crippen LogP contribution < -0.4 is 5.43 Å². The minimum Gasteiger partial charge on any atom is -0.278 e. The molecule has 1 aliphatic rings. The van der Waals surface area contributed by atoms with Gasteiger partial charge in [-0.05, 0) is 33.6 Å². The van der Waals surface area contributed by atoms with E-state index in [1.807, 2.05) is 24.3 Å². The Hall–Kier alpha value is -1.94. The van der Waals surface area contributed by atoms with E-state index in [4.69, 9.17) is 0 Å². The molecule has 1 N–H and O–H groups in total. The summed E-state index contributed by atoms with van der Waals surface area (Å²) in [7, 11) is 0. The lowest BCUT2D eigenvalue weighted by Gasteiger charge is -2.19. The molecule has 0 saturated heterocycles. The predicted molar refractivity (Wildman–Crippen MR) is 83.0 cm³/mol. The summed E-state index contributed by atoms with van der Waals surface area (Å²) in [5.41, 5.74) is 7.78. The zero-order valence-electron chi connectivity index (χ0n) is 10.7. The summed E-state index contributed by atoms with van der Waals surface area (Å²) < 4.78 is 13.7. The van der Waals surface area contributed by atoms with Crippen LogP contribution in [0.3, 0.4) is 0 Å². The van der Waals surface area contributed by atoms with Gasteiger partial charge >= 0.3 is 0 Å². The van der Waals surface area contributed by atoms with Gasteiger partial charge in [-0.2, -0.15) is 5.10 Å². The zero-order valence-corrected chi connectivity index (χ0v) is 12.2. The fourth-order valence-electron chi connectivity index (χ4n) is 2.23. The summed E-state index contributed by atoms with van der Waals surface area (Å²) in [6, 6.07) is 13.0. The van der Waals surface area contributed by atoms with Crippen molar-refractivity contribution in [2.45, 2.75) is 6.42 Å². The van der Waals surface area contributed by atoms with Gasteiger partial charge in [-0.3, -0.25) is 5.43 Å². The van der Waals surface area contributed by atoms with E-state index in [1.165, 1.54) is 6.07 Å². The third-order valence-corrected chi connectivity index (χ3v) is 3.85. The summed E-state index contributed by atoms with van der Waals surface area (Å²) in [6.45, 7) is 3.95. The van der Waals surface area contributed by atoms with Crippen LogP contribution in [0.1, 0.15) is 16.7 Å². The highest BCUT2D eigenvalue weighted by Crippen LogP contribution is 2.23. The SMILES string of the molecule is C=C1NN=C(Cc2ccc(F)c(Br)c2)c2ccccc21. The number of nitrogens with zero attached hydrogens (tertiary/aromatic N) is 1. The van der Waals surface area contributed by atoms with Gasteiger partial charge in [0.1, 0.15) is 5.82 Å². The van der Waals surface area contributed by atoms with Crippen molar-refractivity contribution >= 4 is 27.3 Å². The lowest BCUT2D eigenvalue weighted by molar-refractivity contribution is 0.620. The van der Waals surface area contributed by atoms with Crippen LogP contribution in [0.4, 0.5) is 4.39 Å². The van der Waals surface area contributed by atoms with E-state index in [0.717, 1.165) is 28.1 Å². The number of rotatable bonds is 2. The number of hydrazone groups is 1. The topological polar surface area (TPSA) is 24.4 Å². The molecule has 0 amide bonds. The molecule has 0 atom stereocenters. The molecule has 0 aliphatic carbocycles. The molecule has 100 valence electrons. The van der Waals surface area contributed by atoms with Crippen LogP contribution in [-0.4, -0.2) is 5.71 Å². The third kappa shape index (κ3) is 2.39. The van der Waals surface area contributed by atoms with Crippen molar-refractivity contribution in [3.63, 3.8) is 0 Å². The lowest BCUT2D eigenvalue weighted by Crippen LogP contribution is -2.20. The number of benzene rings is 2. The van der Waals surface area contributed by atoms with Crippen molar-refractivity contribution in [3.05, 3.63) is 76.0 Å². The first-order chi connectivity index (χ1) is 9.65. The largest absolute Gasteiger partial charge is 0.278 e. The van der Waals surface area contributed by atoms with E-state index in [9.17, 15) is 4.39 Å². The van der Waals surface area contributed by atoms with Crippen LogP contribution >= 0.6 is 15.9 Å². The summed E-state index contributed by atoms with van der Waals surface area (Å²) in [5, 5.41) is 4.36. The molecular weight excluding hydrogens is 319 g/mol. The highest BCUT2D eigenvalue weighted by molar-refractivity contribution is 9.10. The first-order valence-corrected chi connectivity index (χ1v) is 6.99. The monoisotopic (exact) mass is 330 g/mol. The molecule has 4 heteroatoms. The number of fused-ring (bicyclic) bond motifs is 1. The van der Waals surface area contributed by atoms with Gasteiger partial charge in [0.15, 0.2) is 0 Å². The Kier molecular flexibility index (Phi) is 3.40. The first-order valence-electron chi connectivity index (χ1n) is 6.20. The first kappa shape index (κ1) is 13.1. The fraction of sp³-hybridized carbons (Fsp3) is 0.0625. The Morgan fingerprint density at radius 1 is 1.15 bits per heavy atom. The molecule has 2 aromatic rings. The van der Waals surface area contributed by atoms with Crippen molar-refractivity contribution < 1.29 is 4.39 Å². The molecule has 1 aliphatic heterocycles. The molecule has 0 aromatic heterocycles. The number of hydrogen-bond acceptors (Lipinski definition) is 2. The number of hydrogen-bond donors (Lipinski definition) is 1. The lowest BCUT2D eigenvalue weighted by atomic mass is 9.95. The van der Waals surface area contributed by atoms with Crippen LogP contribution in [0.25, 0.3) is 5.70 Å². The van der Waals surface area contributed by atoms with Gasteiger partial charge < -0.3 is 0 Å². The van der Waals surface area contributed by atoms with Gasteiger partial charge in [-0.25, -0.2) is 4.39 Å². The molecule has 0 radical (unpaired) electrons. The van der Waals surface area contributed by atoms with E-state index in [-0.39, 0.29) is 5.82 Å². The van der Waals surface area contributed by atoms with Crippen LogP contribution in [-0.2, 0) is 6.42 Å². The number of halogens is 2. The predicted octanol–water partition coefficient (Wildman–Crippen LogP) is 4.11. The summed E-state index contributed by atoms with van der Waals surface area (Å²) in [5.74, 6) is -0.258. The molecule has 2 aromatic carbocycles. The van der Waals surface area contributed by atoms with E-state index in [0.29, 0.717) is 10.9 Å². The van der Waals surface area contributed by atoms with Crippen LogP contribution in [0.5, 0.6) is 0 Å². The molecule has 1 heterocycles. The molecule has 20 heavy (non-hydrogen) atoms. The van der Waals surface area contributed by atoms with Gasteiger partial charge in [0.25, 0.3) is 0 Å². The van der Waals surface area contributed by atoms with Crippen molar-refractivity contribution in [1.29, 1.82) is 0 Å².